The van der Waals surface area contributed by atoms with Gasteiger partial charge in [0.1, 0.15) is 11.5 Å². The van der Waals surface area contributed by atoms with Crippen LogP contribution in [0.4, 0.5) is 0 Å². The predicted molar refractivity (Wildman–Crippen MR) is 88.8 cm³/mol. The highest BCUT2D eigenvalue weighted by molar-refractivity contribution is 5.36. The van der Waals surface area contributed by atoms with Gasteiger partial charge in [0.05, 0.1) is 0 Å². The molecule has 0 spiro atoms. The minimum atomic E-state index is 0.324. The Morgan fingerprint density at radius 2 is 1.67 bits per heavy atom. The van der Waals surface area contributed by atoms with Gasteiger partial charge >= 0.3 is 0 Å². The van der Waals surface area contributed by atoms with Crippen LogP contribution < -0.4 is 5.32 Å². The Labute approximate surface area is 128 Å². The molecule has 1 atom stereocenters. The van der Waals surface area contributed by atoms with Crippen molar-refractivity contribution in [2.75, 3.05) is 6.54 Å². The topological polar surface area (TPSA) is 25.2 Å². The summed E-state index contributed by atoms with van der Waals surface area (Å²) < 4.78 is 5.82. The highest BCUT2D eigenvalue weighted by atomic mass is 16.3. The molecule has 0 aliphatic carbocycles. The fourth-order valence-corrected chi connectivity index (χ4v) is 2.88. The van der Waals surface area contributed by atoms with Crippen LogP contribution in [-0.2, 0) is 6.42 Å². The minimum Gasteiger partial charge on any atom is -0.466 e. The first-order chi connectivity index (χ1) is 10.0. The SMILES string of the molecule is CCCNC(Cc1ccc(C)cc1)c1c(C)oc(C)c1C. The van der Waals surface area contributed by atoms with Crippen LogP contribution in [0.5, 0.6) is 0 Å². The molecule has 1 unspecified atom stereocenters. The zero-order chi connectivity index (χ0) is 15.4. The van der Waals surface area contributed by atoms with E-state index in [1.807, 2.05) is 0 Å². The predicted octanol–water partition coefficient (Wildman–Crippen LogP) is 4.80. The van der Waals surface area contributed by atoms with Gasteiger partial charge in [0.25, 0.3) is 0 Å². The monoisotopic (exact) mass is 285 g/mol. The lowest BCUT2D eigenvalue weighted by molar-refractivity contribution is 0.480. The van der Waals surface area contributed by atoms with Gasteiger partial charge in [-0.05, 0) is 58.2 Å². The number of nitrogens with one attached hydrogen (secondary N) is 1. The van der Waals surface area contributed by atoms with E-state index in [0.29, 0.717) is 6.04 Å². The van der Waals surface area contributed by atoms with Crippen LogP contribution in [0.15, 0.2) is 28.7 Å². The highest BCUT2D eigenvalue weighted by Gasteiger charge is 2.20. The Morgan fingerprint density at radius 3 is 2.19 bits per heavy atom. The minimum absolute atomic E-state index is 0.324. The summed E-state index contributed by atoms with van der Waals surface area (Å²) in [5, 5.41) is 3.68. The van der Waals surface area contributed by atoms with E-state index in [1.165, 1.54) is 22.3 Å². The van der Waals surface area contributed by atoms with Gasteiger partial charge in [-0.25, -0.2) is 0 Å². The molecule has 0 saturated heterocycles. The van der Waals surface area contributed by atoms with Crippen LogP contribution in [0, 0.1) is 27.7 Å². The number of hydrogen-bond donors (Lipinski definition) is 1. The van der Waals surface area contributed by atoms with Crippen molar-refractivity contribution in [2.24, 2.45) is 0 Å². The summed E-state index contributed by atoms with van der Waals surface area (Å²) in [6.07, 6.45) is 2.14. The largest absolute Gasteiger partial charge is 0.466 e. The summed E-state index contributed by atoms with van der Waals surface area (Å²) in [5.74, 6) is 2.08. The molecule has 114 valence electrons. The van der Waals surface area contributed by atoms with Gasteiger partial charge in [-0.1, -0.05) is 36.8 Å². The Kier molecular flexibility index (Phi) is 5.24. The molecule has 1 heterocycles. The molecule has 2 rings (SSSR count). The summed E-state index contributed by atoms with van der Waals surface area (Å²) in [6, 6.07) is 9.16. The number of aryl methyl sites for hydroxylation is 3. The van der Waals surface area contributed by atoms with Crippen LogP contribution in [0.2, 0.25) is 0 Å². The summed E-state index contributed by atoms with van der Waals surface area (Å²) in [6.45, 7) is 11.6. The van der Waals surface area contributed by atoms with Crippen LogP contribution in [0.3, 0.4) is 0 Å². The lowest BCUT2D eigenvalue weighted by atomic mass is 9.95. The van der Waals surface area contributed by atoms with Gasteiger partial charge in [-0.3, -0.25) is 0 Å². The lowest BCUT2D eigenvalue weighted by Gasteiger charge is -2.19. The standard InChI is InChI=1S/C19H27NO/c1-6-11-20-18(12-17-9-7-13(2)8-10-17)19-14(3)15(4)21-16(19)5/h7-10,18,20H,6,11-12H2,1-5H3. The van der Waals surface area contributed by atoms with Gasteiger partial charge in [0.15, 0.2) is 0 Å². The summed E-state index contributed by atoms with van der Waals surface area (Å²) in [7, 11) is 0. The van der Waals surface area contributed by atoms with Crippen molar-refractivity contribution in [1.82, 2.24) is 5.32 Å². The first-order valence-corrected chi connectivity index (χ1v) is 7.88. The van der Waals surface area contributed by atoms with Crippen molar-refractivity contribution >= 4 is 0 Å². The Morgan fingerprint density at radius 1 is 1.00 bits per heavy atom. The molecule has 0 aliphatic rings. The molecule has 1 aromatic heterocycles. The molecule has 21 heavy (non-hydrogen) atoms. The molecule has 1 N–H and O–H groups in total. The average molecular weight is 285 g/mol. The molecule has 1 aromatic carbocycles. The van der Waals surface area contributed by atoms with Crippen LogP contribution >= 0.6 is 0 Å². The van der Waals surface area contributed by atoms with E-state index < -0.39 is 0 Å². The van der Waals surface area contributed by atoms with Gasteiger partial charge in [0.2, 0.25) is 0 Å². The van der Waals surface area contributed by atoms with Crippen molar-refractivity contribution < 1.29 is 4.42 Å². The van der Waals surface area contributed by atoms with E-state index in [4.69, 9.17) is 4.42 Å². The second-order valence-electron chi connectivity index (χ2n) is 5.95. The molecule has 0 bridgehead atoms. The zero-order valence-corrected chi connectivity index (χ0v) is 13.9. The van der Waals surface area contributed by atoms with Crippen LogP contribution in [0.25, 0.3) is 0 Å². The molecule has 0 fully saturated rings. The van der Waals surface area contributed by atoms with Crippen molar-refractivity contribution in [3.63, 3.8) is 0 Å². The highest BCUT2D eigenvalue weighted by Crippen LogP contribution is 2.29. The van der Waals surface area contributed by atoms with E-state index >= 15 is 0 Å². The van der Waals surface area contributed by atoms with Crippen LogP contribution in [-0.4, -0.2) is 6.54 Å². The molecular formula is C19H27NO. The van der Waals surface area contributed by atoms with Gasteiger partial charge in [-0.2, -0.15) is 0 Å². The van der Waals surface area contributed by atoms with Crippen molar-refractivity contribution in [3.8, 4) is 0 Å². The Balaban J connectivity index is 2.27. The summed E-state index contributed by atoms with van der Waals surface area (Å²) in [4.78, 5) is 0. The third kappa shape index (κ3) is 3.76. The van der Waals surface area contributed by atoms with Crippen molar-refractivity contribution in [2.45, 2.75) is 53.5 Å². The quantitative estimate of drug-likeness (QED) is 0.825. The second-order valence-corrected chi connectivity index (χ2v) is 5.95. The molecule has 2 nitrogen and oxygen atoms in total. The fourth-order valence-electron chi connectivity index (χ4n) is 2.88. The zero-order valence-electron chi connectivity index (χ0n) is 13.9. The molecule has 0 amide bonds. The number of rotatable bonds is 6. The molecule has 2 heteroatoms. The molecule has 0 saturated carbocycles. The fraction of sp³-hybridized carbons (Fsp3) is 0.474. The van der Waals surface area contributed by atoms with E-state index in [9.17, 15) is 0 Å². The first-order valence-electron chi connectivity index (χ1n) is 7.88. The normalized spacial score (nSPS) is 12.6. The number of hydrogen-bond acceptors (Lipinski definition) is 2. The summed E-state index contributed by atoms with van der Waals surface area (Å²) in [5.41, 5.74) is 5.30. The smallest absolute Gasteiger partial charge is 0.106 e. The third-order valence-corrected chi connectivity index (χ3v) is 4.17. The Hall–Kier alpha value is -1.54. The molecule has 0 aliphatic heterocycles. The van der Waals surface area contributed by atoms with E-state index in [-0.39, 0.29) is 0 Å². The van der Waals surface area contributed by atoms with E-state index in [1.54, 1.807) is 0 Å². The first kappa shape index (κ1) is 15.8. The second kappa shape index (κ2) is 6.95. The van der Waals surface area contributed by atoms with Crippen LogP contribution in [0.1, 0.15) is 53.2 Å². The van der Waals surface area contributed by atoms with Gasteiger partial charge in [0, 0.05) is 11.6 Å². The van der Waals surface area contributed by atoms with Gasteiger partial charge in [-0.15, -0.1) is 0 Å². The summed E-state index contributed by atoms with van der Waals surface area (Å²) >= 11 is 0. The maximum absolute atomic E-state index is 5.82. The maximum Gasteiger partial charge on any atom is 0.106 e. The maximum atomic E-state index is 5.82. The molecule has 0 radical (unpaired) electrons. The van der Waals surface area contributed by atoms with Gasteiger partial charge < -0.3 is 9.73 Å². The number of furan rings is 1. The van der Waals surface area contributed by atoms with Crippen molar-refractivity contribution in [1.29, 1.82) is 0 Å². The Bertz CT molecular complexity index is 580. The molecular weight excluding hydrogens is 258 g/mol. The lowest BCUT2D eigenvalue weighted by Crippen LogP contribution is -2.25. The third-order valence-electron chi connectivity index (χ3n) is 4.17. The number of benzene rings is 1. The average Bonchev–Trinajstić information content (AvgIpc) is 2.71. The van der Waals surface area contributed by atoms with E-state index in [2.05, 4.69) is 64.2 Å². The van der Waals surface area contributed by atoms with Crippen molar-refractivity contribution in [3.05, 3.63) is 58.0 Å². The van der Waals surface area contributed by atoms with E-state index in [0.717, 1.165) is 30.9 Å². The molecule has 2 aromatic rings.